The first-order chi connectivity index (χ1) is 6.75. The van der Waals surface area contributed by atoms with Gasteiger partial charge in [-0.15, -0.1) is 0 Å². The molecule has 0 spiro atoms. The Kier molecular flexibility index (Phi) is 2.79. The Labute approximate surface area is 84.3 Å². The molecule has 0 amide bonds. The average molecular weight is 192 g/mol. The molecule has 0 radical (unpaired) electrons. The van der Waals surface area contributed by atoms with Crippen molar-refractivity contribution in [1.29, 1.82) is 0 Å². The van der Waals surface area contributed by atoms with Crippen LogP contribution < -0.4 is 5.73 Å². The molecule has 2 heterocycles. The van der Waals surface area contributed by atoms with Crippen LogP contribution in [0.4, 0.5) is 0 Å². The van der Waals surface area contributed by atoms with Gasteiger partial charge >= 0.3 is 0 Å². The number of aromatic nitrogens is 1. The molecule has 14 heavy (non-hydrogen) atoms. The molecule has 1 aromatic heterocycles. The Morgan fingerprint density at radius 2 is 2.36 bits per heavy atom. The Hall–Kier alpha value is -0.930. The van der Waals surface area contributed by atoms with Crippen molar-refractivity contribution >= 4 is 0 Å². The number of hydrogen-bond acceptors (Lipinski definition) is 3. The van der Waals surface area contributed by atoms with Gasteiger partial charge in [0.25, 0.3) is 0 Å². The van der Waals surface area contributed by atoms with Crippen molar-refractivity contribution in [2.45, 2.75) is 31.9 Å². The lowest BCUT2D eigenvalue weighted by Gasteiger charge is -2.26. The summed E-state index contributed by atoms with van der Waals surface area (Å²) in [5.74, 6) is 0. The second-order valence-corrected chi connectivity index (χ2v) is 3.90. The summed E-state index contributed by atoms with van der Waals surface area (Å²) in [5, 5.41) is 0. The van der Waals surface area contributed by atoms with E-state index in [1.54, 1.807) is 0 Å². The van der Waals surface area contributed by atoms with Crippen molar-refractivity contribution in [3.8, 4) is 0 Å². The van der Waals surface area contributed by atoms with E-state index in [0.29, 0.717) is 0 Å². The lowest BCUT2D eigenvalue weighted by Crippen LogP contribution is -2.30. The number of nitrogens with zero attached hydrogens (tertiary/aromatic N) is 1. The average Bonchev–Trinajstić information content (AvgIpc) is 2.19. The quantitative estimate of drug-likeness (QED) is 0.734. The third-order valence-electron chi connectivity index (χ3n) is 2.59. The molecule has 0 saturated carbocycles. The second kappa shape index (κ2) is 4.07. The van der Waals surface area contributed by atoms with Gasteiger partial charge in [0, 0.05) is 18.8 Å². The minimum Gasteiger partial charge on any atom is -0.372 e. The standard InChI is InChI=1S/C11H16N2O/c1-8-2-3-10(13-7-8)11-6-9(12)4-5-14-11/h2-3,7,9,11H,4-6,12H2,1H3. The molecule has 1 aliphatic rings. The number of rotatable bonds is 1. The molecule has 3 nitrogen and oxygen atoms in total. The summed E-state index contributed by atoms with van der Waals surface area (Å²) in [6.45, 7) is 2.78. The number of ether oxygens (including phenoxy) is 1. The zero-order valence-corrected chi connectivity index (χ0v) is 8.44. The van der Waals surface area contributed by atoms with Gasteiger partial charge in [0.15, 0.2) is 0 Å². The predicted molar refractivity (Wildman–Crippen MR) is 54.9 cm³/mol. The van der Waals surface area contributed by atoms with E-state index in [0.717, 1.165) is 25.1 Å². The van der Waals surface area contributed by atoms with E-state index < -0.39 is 0 Å². The molecular weight excluding hydrogens is 176 g/mol. The maximum atomic E-state index is 5.88. The smallest absolute Gasteiger partial charge is 0.101 e. The van der Waals surface area contributed by atoms with Crippen LogP contribution in [0.3, 0.4) is 0 Å². The van der Waals surface area contributed by atoms with Gasteiger partial charge in [0.05, 0.1) is 5.69 Å². The maximum Gasteiger partial charge on any atom is 0.101 e. The molecule has 1 fully saturated rings. The second-order valence-electron chi connectivity index (χ2n) is 3.90. The van der Waals surface area contributed by atoms with Crippen molar-refractivity contribution < 1.29 is 4.74 Å². The summed E-state index contributed by atoms with van der Waals surface area (Å²) in [6.07, 6.45) is 3.82. The van der Waals surface area contributed by atoms with Crippen LogP contribution in [-0.4, -0.2) is 17.6 Å². The first-order valence-corrected chi connectivity index (χ1v) is 5.05. The molecule has 2 unspecified atom stereocenters. The molecule has 2 N–H and O–H groups in total. The number of pyridine rings is 1. The highest BCUT2D eigenvalue weighted by molar-refractivity contribution is 5.14. The normalized spacial score (nSPS) is 27.6. The van der Waals surface area contributed by atoms with Crippen LogP contribution in [0.15, 0.2) is 18.3 Å². The molecule has 2 atom stereocenters. The van der Waals surface area contributed by atoms with Gasteiger partial charge in [-0.25, -0.2) is 0 Å². The van der Waals surface area contributed by atoms with Gasteiger partial charge < -0.3 is 10.5 Å². The largest absolute Gasteiger partial charge is 0.372 e. The highest BCUT2D eigenvalue weighted by atomic mass is 16.5. The fourth-order valence-electron chi connectivity index (χ4n) is 1.70. The topological polar surface area (TPSA) is 48.1 Å². The molecule has 76 valence electrons. The molecule has 0 aliphatic carbocycles. The van der Waals surface area contributed by atoms with E-state index in [9.17, 15) is 0 Å². The highest BCUT2D eigenvalue weighted by Crippen LogP contribution is 2.25. The SMILES string of the molecule is Cc1ccc(C2CC(N)CCO2)nc1. The van der Waals surface area contributed by atoms with Gasteiger partial charge in [0.2, 0.25) is 0 Å². The van der Waals surface area contributed by atoms with Crippen LogP contribution >= 0.6 is 0 Å². The molecule has 0 bridgehead atoms. The van der Waals surface area contributed by atoms with E-state index in [-0.39, 0.29) is 12.1 Å². The van der Waals surface area contributed by atoms with Crippen LogP contribution in [0.5, 0.6) is 0 Å². The highest BCUT2D eigenvalue weighted by Gasteiger charge is 2.21. The lowest BCUT2D eigenvalue weighted by molar-refractivity contribution is 0.00412. The summed E-state index contributed by atoms with van der Waals surface area (Å²) < 4.78 is 5.63. The van der Waals surface area contributed by atoms with Crippen molar-refractivity contribution in [2.75, 3.05) is 6.61 Å². The van der Waals surface area contributed by atoms with Crippen LogP contribution in [0.2, 0.25) is 0 Å². The zero-order chi connectivity index (χ0) is 9.97. The Bertz CT molecular complexity index is 297. The molecule has 3 heteroatoms. The minimum absolute atomic E-state index is 0.0966. The third-order valence-corrected chi connectivity index (χ3v) is 2.59. The van der Waals surface area contributed by atoms with Gasteiger partial charge in [0.1, 0.15) is 6.10 Å². The number of nitrogens with two attached hydrogens (primary N) is 1. The monoisotopic (exact) mass is 192 g/mol. The van der Waals surface area contributed by atoms with E-state index >= 15 is 0 Å². The lowest BCUT2D eigenvalue weighted by atomic mass is 10.0. The summed E-state index contributed by atoms with van der Waals surface area (Å²) >= 11 is 0. The summed E-state index contributed by atoms with van der Waals surface area (Å²) in [5.41, 5.74) is 8.06. The molecular formula is C11H16N2O. The van der Waals surface area contributed by atoms with E-state index in [4.69, 9.17) is 10.5 Å². The summed E-state index contributed by atoms with van der Waals surface area (Å²) in [7, 11) is 0. The molecule has 1 aliphatic heterocycles. The van der Waals surface area contributed by atoms with Gasteiger partial charge in [-0.1, -0.05) is 6.07 Å². The summed E-state index contributed by atoms with van der Waals surface area (Å²) in [6, 6.07) is 4.35. The first kappa shape index (κ1) is 9.62. The maximum absolute atomic E-state index is 5.88. The Morgan fingerprint density at radius 3 is 3.00 bits per heavy atom. The van der Waals surface area contributed by atoms with Crippen LogP contribution in [-0.2, 0) is 4.74 Å². The first-order valence-electron chi connectivity index (χ1n) is 5.05. The number of aryl methyl sites for hydroxylation is 1. The van der Waals surface area contributed by atoms with E-state index in [2.05, 4.69) is 11.1 Å². The Balaban J connectivity index is 2.10. The van der Waals surface area contributed by atoms with Crippen LogP contribution in [0, 0.1) is 6.92 Å². The third kappa shape index (κ3) is 2.11. The van der Waals surface area contributed by atoms with Crippen LogP contribution in [0.1, 0.15) is 30.2 Å². The zero-order valence-electron chi connectivity index (χ0n) is 8.44. The van der Waals surface area contributed by atoms with Crippen LogP contribution in [0.25, 0.3) is 0 Å². The molecule has 1 saturated heterocycles. The molecule has 2 rings (SSSR count). The van der Waals surface area contributed by atoms with Crippen molar-refractivity contribution in [2.24, 2.45) is 5.73 Å². The minimum atomic E-state index is 0.0966. The number of hydrogen-bond donors (Lipinski definition) is 1. The van der Waals surface area contributed by atoms with Crippen molar-refractivity contribution in [3.63, 3.8) is 0 Å². The van der Waals surface area contributed by atoms with Crippen molar-refractivity contribution in [3.05, 3.63) is 29.6 Å². The molecule has 0 aromatic carbocycles. The fraction of sp³-hybridized carbons (Fsp3) is 0.545. The molecule has 1 aromatic rings. The summed E-state index contributed by atoms with van der Waals surface area (Å²) in [4.78, 5) is 4.36. The van der Waals surface area contributed by atoms with Gasteiger partial charge in [-0.2, -0.15) is 0 Å². The fourth-order valence-corrected chi connectivity index (χ4v) is 1.70. The van der Waals surface area contributed by atoms with Gasteiger partial charge in [-0.05, 0) is 31.4 Å². The van der Waals surface area contributed by atoms with E-state index in [1.165, 1.54) is 5.56 Å². The van der Waals surface area contributed by atoms with Crippen molar-refractivity contribution in [1.82, 2.24) is 4.98 Å². The predicted octanol–water partition coefficient (Wildman–Crippen LogP) is 1.57. The van der Waals surface area contributed by atoms with Gasteiger partial charge in [-0.3, -0.25) is 4.98 Å². The Morgan fingerprint density at radius 1 is 1.50 bits per heavy atom. The van der Waals surface area contributed by atoms with E-state index in [1.807, 2.05) is 19.2 Å².